The molecule has 1 aliphatic heterocycles. The van der Waals surface area contributed by atoms with E-state index in [0.717, 1.165) is 25.6 Å². The summed E-state index contributed by atoms with van der Waals surface area (Å²) in [5, 5.41) is 8.04. The second-order valence-corrected chi connectivity index (χ2v) is 6.04. The number of hydrogen-bond acceptors (Lipinski definition) is 3. The molecule has 20 heavy (non-hydrogen) atoms. The summed E-state index contributed by atoms with van der Waals surface area (Å²) >= 11 is 0. The highest BCUT2D eigenvalue weighted by Crippen LogP contribution is 2.16. The van der Waals surface area contributed by atoms with Gasteiger partial charge in [0.2, 0.25) is 0 Å². The molecule has 1 aromatic rings. The van der Waals surface area contributed by atoms with Gasteiger partial charge in [0.25, 0.3) is 0 Å². The molecular formula is C16H30N4. The second-order valence-electron chi connectivity index (χ2n) is 6.04. The Hall–Kier alpha value is -0.870. The van der Waals surface area contributed by atoms with Gasteiger partial charge in [0.15, 0.2) is 0 Å². The molecule has 1 fully saturated rings. The number of likely N-dealkylation sites (tertiary alicyclic amines) is 1. The van der Waals surface area contributed by atoms with E-state index in [1.165, 1.54) is 50.0 Å². The summed E-state index contributed by atoms with van der Waals surface area (Å²) in [7, 11) is 2.00. The SMILES string of the molecule is CCc1nn(C)cc1CNCCCN1CCCCC1C. The van der Waals surface area contributed by atoms with Gasteiger partial charge in [0.1, 0.15) is 0 Å². The number of piperidine rings is 1. The van der Waals surface area contributed by atoms with Crippen molar-refractivity contribution in [2.45, 2.75) is 58.5 Å². The lowest BCUT2D eigenvalue weighted by Gasteiger charge is -2.33. The van der Waals surface area contributed by atoms with E-state index in [-0.39, 0.29) is 0 Å². The van der Waals surface area contributed by atoms with Crippen molar-refractivity contribution < 1.29 is 0 Å². The van der Waals surface area contributed by atoms with Gasteiger partial charge >= 0.3 is 0 Å². The van der Waals surface area contributed by atoms with Crippen molar-refractivity contribution in [3.05, 3.63) is 17.5 Å². The first kappa shape index (κ1) is 15.5. The molecule has 0 bridgehead atoms. The lowest BCUT2D eigenvalue weighted by molar-refractivity contribution is 0.159. The van der Waals surface area contributed by atoms with Gasteiger partial charge in [-0.3, -0.25) is 4.68 Å². The van der Waals surface area contributed by atoms with Crippen LogP contribution in [0.3, 0.4) is 0 Å². The molecule has 0 aromatic carbocycles. The van der Waals surface area contributed by atoms with E-state index in [1.807, 2.05) is 11.7 Å². The zero-order chi connectivity index (χ0) is 14.4. The average molecular weight is 278 g/mol. The fourth-order valence-corrected chi connectivity index (χ4v) is 3.15. The van der Waals surface area contributed by atoms with Crippen LogP contribution in [0, 0.1) is 0 Å². The molecule has 0 radical (unpaired) electrons. The van der Waals surface area contributed by atoms with Crippen LogP contribution >= 0.6 is 0 Å². The first-order chi connectivity index (χ1) is 9.70. The zero-order valence-electron chi connectivity index (χ0n) is 13.4. The standard InChI is InChI=1S/C16H30N4/c1-4-16-15(13-19(3)18-16)12-17-9-7-11-20-10-6-5-8-14(20)2/h13-14,17H,4-12H2,1-3H3. The second kappa shape index (κ2) is 7.79. The maximum atomic E-state index is 4.48. The Balaban J connectivity index is 1.63. The predicted molar refractivity (Wildman–Crippen MR) is 83.8 cm³/mol. The van der Waals surface area contributed by atoms with Crippen LogP contribution in [0.15, 0.2) is 6.20 Å². The van der Waals surface area contributed by atoms with E-state index in [0.29, 0.717) is 0 Å². The summed E-state index contributed by atoms with van der Waals surface area (Å²) in [4.78, 5) is 2.65. The number of rotatable bonds is 7. The van der Waals surface area contributed by atoms with E-state index < -0.39 is 0 Å². The quantitative estimate of drug-likeness (QED) is 0.777. The van der Waals surface area contributed by atoms with Crippen LogP contribution < -0.4 is 5.32 Å². The largest absolute Gasteiger partial charge is 0.312 e. The Morgan fingerprint density at radius 1 is 1.40 bits per heavy atom. The van der Waals surface area contributed by atoms with Crippen molar-refractivity contribution in [1.29, 1.82) is 0 Å². The molecule has 1 N–H and O–H groups in total. The van der Waals surface area contributed by atoms with Gasteiger partial charge in [-0.2, -0.15) is 5.10 Å². The van der Waals surface area contributed by atoms with Gasteiger partial charge in [-0.1, -0.05) is 13.3 Å². The number of aromatic nitrogens is 2. The Labute approximate surface area is 123 Å². The third-order valence-corrected chi connectivity index (χ3v) is 4.38. The fraction of sp³-hybridized carbons (Fsp3) is 0.812. The maximum absolute atomic E-state index is 4.48. The smallest absolute Gasteiger partial charge is 0.0666 e. The molecule has 0 spiro atoms. The summed E-state index contributed by atoms with van der Waals surface area (Å²) in [6, 6.07) is 0.786. The normalized spacial score (nSPS) is 20.4. The van der Waals surface area contributed by atoms with Crippen LogP contribution in [0.1, 0.15) is 50.8 Å². The molecular weight excluding hydrogens is 248 g/mol. The van der Waals surface area contributed by atoms with Crippen molar-refractivity contribution in [1.82, 2.24) is 20.0 Å². The van der Waals surface area contributed by atoms with Gasteiger partial charge in [-0.05, 0) is 52.2 Å². The van der Waals surface area contributed by atoms with E-state index in [4.69, 9.17) is 0 Å². The van der Waals surface area contributed by atoms with Crippen LogP contribution in [-0.4, -0.2) is 40.4 Å². The highest BCUT2D eigenvalue weighted by atomic mass is 15.3. The molecule has 2 heterocycles. The van der Waals surface area contributed by atoms with Crippen LogP contribution in [0.5, 0.6) is 0 Å². The molecule has 1 unspecified atom stereocenters. The molecule has 2 rings (SSSR count). The fourth-order valence-electron chi connectivity index (χ4n) is 3.15. The van der Waals surface area contributed by atoms with E-state index in [1.54, 1.807) is 0 Å². The first-order valence-corrected chi connectivity index (χ1v) is 8.17. The van der Waals surface area contributed by atoms with Crippen LogP contribution in [0.4, 0.5) is 0 Å². The molecule has 1 aromatic heterocycles. The Kier molecular flexibility index (Phi) is 6.05. The number of hydrogen-bond donors (Lipinski definition) is 1. The summed E-state index contributed by atoms with van der Waals surface area (Å²) < 4.78 is 1.92. The van der Waals surface area contributed by atoms with Crippen molar-refractivity contribution in [3.8, 4) is 0 Å². The monoisotopic (exact) mass is 278 g/mol. The van der Waals surface area contributed by atoms with Gasteiger partial charge in [0.05, 0.1) is 5.69 Å². The molecule has 0 saturated carbocycles. The van der Waals surface area contributed by atoms with Crippen molar-refractivity contribution in [3.63, 3.8) is 0 Å². The molecule has 1 atom stereocenters. The molecule has 4 nitrogen and oxygen atoms in total. The first-order valence-electron chi connectivity index (χ1n) is 8.17. The average Bonchev–Trinajstić information content (AvgIpc) is 2.80. The third kappa shape index (κ3) is 4.32. The summed E-state index contributed by atoms with van der Waals surface area (Å²) in [6.45, 7) is 9.12. The van der Waals surface area contributed by atoms with Crippen molar-refractivity contribution in [2.24, 2.45) is 7.05 Å². The number of nitrogens with one attached hydrogen (secondary N) is 1. The molecule has 1 saturated heterocycles. The minimum atomic E-state index is 0.786. The highest BCUT2D eigenvalue weighted by molar-refractivity contribution is 5.16. The minimum absolute atomic E-state index is 0.786. The van der Waals surface area contributed by atoms with E-state index in [2.05, 4.69) is 35.4 Å². The van der Waals surface area contributed by atoms with Crippen molar-refractivity contribution in [2.75, 3.05) is 19.6 Å². The summed E-state index contributed by atoms with van der Waals surface area (Å²) in [6.07, 6.45) is 8.57. The Morgan fingerprint density at radius 3 is 3.00 bits per heavy atom. The lowest BCUT2D eigenvalue weighted by atomic mass is 10.0. The van der Waals surface area contributed by atoms with Gasteiger partial charge in [-0.25, -0.2) is 0 Å². The molecule has 1 aliphatic rings. The van der Waals surface area contributed by atoms with Gasteiger partial charge < -0.3 is 10.2 Å². The topological polar surface area (TPSA) is 33.1 Å². The van der Waals surface area contributed by atoms with Gasteiger partial charge in [-0.15, -0.1) is 0 Å². The number of aryl methyl sites for hydroxylation is 2. The molecule has 0 aliphatic carbocycles. The lowest BCUT2D eigenvalue weighted by Crippen LogP contribution is -2.38. The van der Waals surface area contributed by atoms with E-state index in [9.17, 15) is 0 Å². The predicted octanol–water partition coefficient (Wildman–Crippen LogP) is 2.34. The highest BCUT2D eigenvalue weighted by Gasteiger charge is 2.16. The molecule has 114 valence electrons. The molecule has 0 amide bonds. The van der Waals surface area contributed by atoms with Crippen LogP contribution in [0.25, 0.3) is 0 Å². The Bertz CT molecular complexity index is 399. The van der Waals surface area contributed by atoms with Crippen molar-refractivity contribution >= 4 is 0 Å². The number of nitrogens with zero attached hydrogens (tertiary/aromatic N) is 3. The summed E-state index contributed by atoms with van der Waals surface area (Å²) in [5.74, 6) is 0. The van der Waals surface area contributed by atoms with Crippen LogP contribution in [0.2, 0.25) is 0 Å². The maximum Gasteiger partial charge on any atom is 0.0666 e. The van der Waals surface area contributed by atoms with E-state index >= 15 is 0 Å². The van der Waals surface area contributed by atoms with Gasteiger partial charge in [0, 0.05) is 31.4 Å². The minimum Gasteiger partial charge on any atom is -0.312 e. The van der Waals surface area contributed by atoms with Crippen LogP contribution in [-0.2, 0) is 20.0 Å². The zero-order valence-corrected chi connectivity index (χ0v) is 13.4. The Morgan fingerprint density at radius 2 is 2.25 bits per heavy atom. The summed E-state index contributed by atoms with van der Waals surface area (Å²) in [5.41, 5.74) is 2.57. The third-order valence-electron chi connectivity index (χ3n) is 4.38. The molecule has 4 heteroatoms.